The van der Waals surface area contributed by atoms with E-state index in [1.807, 2.05) is 0 Å². The first-order chi connectivity index (χ1) is 20.5. The van der Waals surface area contributed by atoms with Crippen molar-refractivity contribution in [2.75, 3.05) is 25.1 Å². The number of para-hydroxylation sites is 2. The summed E-state index contributed by atoms with van der Waals surface area (Å²) < 4.78 is 22.3. The van der Waals surface area contributed by atoms with Crippen molar-refractivity contribution in [3.8, 4) is 11.5 Å². The number of anilines is 1. The average Bonchev–Trinajstić information content (AvgIpc) is 3.00. The van der Waals surface area contributed by atoms with E-state index in [4.69, 9.17) is 18.9 Å². The van der Waals surface area contributed by atoms with Crippen molar-refractivity contribution in [3.63, 3.8) is 0 Å². The number of hydrogen-bond donors (Lipinski definition) is 1. The van der Waals surface area contributed by atoms with Gasteiger partial charge in [0.05, 0.1) is 31.6 Å². The molecule has 0 spiro atoms. The van der Waals surface area contributed by atoms with Gasteiger partial charge in [-0.3, -0.25) is 4.79 Å². The third-order valence-electron chi connectivity index (χ3n) is 6.41. The van der Waals surface area contributed by atoms with Crippen LogP contribution in [0.2, 0.25) is 0 Å². The smallest absolute Gasteiger partial charge is 0.374 e. The number of carbonyl (C=O) groups excluding carboxylic acids is 3. The Hall–Kier alpha value is -3.81. The lowest BCUT2D eigenvalue weighted by Gasteiger charge is -2.14. The Morgan fingerprint density at radius 3 is 1.95 bits per heavy atom. The quantitative estimate of drug-likeness (QED) is 0.0689. The normalized spacial score (nSPS) is 11.1. The van der Waals surface area contributed by atoms with Crippen molar-refractivity contribution in [1.29, 1.82) is 0 Å². The number of ether oxygens (including phenoxy) is 4. The highest BCUT2D eigenvalue weighted by atomic mass is 16.6. The second kappa shape index (κ2) is 21.0. The topological polar surface area (TPSA) is 100 Å². The molecule has 0 bridgehead atoms. The fourth-order valence-corrected chi connectivity index (χ4v) is 3.96. The molecule has 0 aliphatic heterocycles. The van der Waals surface area contributed by atoms with Gasteiger partial charge in [0.1, 0.15) is 5.75 Å². The van der Waals surface area contributed by atoms with Crippen LogP contribution in [0.15, 0.2) is 60.4 Å². The summed E-state index contributed by atoms with van der Waals surface area (Å²) in [6.45, 7) is 7.44. The van der Waals surface area contributed by atoms with Gasteiger partial charge in [0.25, 0.3) is 5.91 Å². The fourth-order valence-electron chi connectivity index (χ4n) is 3.96. The summed E-state index contributed by atoms with van der Waals surface area (Å²) in [6, 6.07) is 13.6. The van der Waals surface area contributed by atoms with Crippen LogP contribution < -0.4 is 14.8 Å². The van der Waals surface area contributed by atoms with Crippen molar-refractivity contribution >= 4 is 23.5 Å². The molecule has 0 aliphatic rings. The molecular formula is C34H47NO7. The second-order valence-electron chi connectivity index (χ2n) is 10.1. The Bertz CT molecular complexity index is 1110. The molecule has 230 valence electrons. The molecule has 0 atom stereocenters. The average molecular weight is 582 g/mol. The zero-order valence-electron chi connectivity index (χ0n) is 25.5. The highest BCUT2D eigenvalue weighted by Crippen LogP contribution is 2.27. The summed E-state index contributed by atoms with van der Waals surface area (Å²) in [5, 5.41) is 2.82. The van der Waals surface area contributed by atoms with Crippen LogP contribution in [-0.4, -0.2) is 37.7 Å². The molecule has 8 nitrogen and oxygen atoms in total. The van der Waals surface area contributed by atoms with Gasteiger partial charge < -0.3 is 24.3 Å². The molecule has 0 saturated carbocycles. The number of unbranched alkanes of at least 4 members (excludes halogenated alkanes) is 8. The van der Waals surface area contributed by atoms with E-state index < -0.39 is 11.9 Å². The van der Waals surface area contributed by atoms with E-state index in [0.717, 1.165) is 70.3 Å². The van der Waals surface area contributed by atoms with Crippen LogP contribution in [0.3, 0.4) is 0 Å². The van der Waals surface area contributed by atoms with Gasteiger partial charge in [-0.05, 0) is 55.7 Å². The molecule has 1 N–H and O–H groups in total. The molecule has 2 aromatic rings. The third-order valence-corrected chi connectivity index (χ3v) is 6.41. The van der Waals surface area contributed by atoms with Gasteiger partial charge in [0.2, 0.25) is 5.76 Å². The van der Waals surface area contributed by atoms with Gasteiger partial charge in [-0.2, -0.15) is 0 Å². The molecule has 0 saturated heterocycles. The second-order valence-corrected chi connectivity index (χ2v) is 10.1. The summed E-state index contributed by atoms with van der Waals surface area (Å²) in [6.07, 6.45) is 11.8. The number of esters is 2. The Morgan fingerprint density at radius 2 is 1.29 bits per heavy atom. The molecule has 0 aromatic heterocycles. The van der Waals surface area contributed by atoms with Gasteiger partial charge in [0, 0.05) is 5.56 Å². The summed E-state index contributed by atoms with van der Waals surface area (Å²) >= 11 is 0. The first-order valence-electron chi connectivity index (χ1n) is 15.3. The van der Waals surface area contributed by atoms with E-state index in [9.17, 15) is 14.4 Å². The number of rotatable bonds is 21. The summed E-state index contributed by atoms with van der Waals surface area (Å²) in [5.41, 5.74) is 0.761. The zero-order valence-corrected chi connectivity index (χ0v) is 25.5. The van der Waals surface area contributed by atoms with Crippen LogP contribution >= 0.6 is 0 Å². The molecule has 0 aliphatic carbocycles. The SMILES string of the molecule is CCCCCCOC(=O)/C=C(/Oc1ccccc1NC(=O)c1ccc(OCCCCC)cc1)C(=O)OCCCCCC. The van der Waals surface area contributed by atoms with Crippen LogP contribution in [-0.2, 0) is 19.1 Å². The maximum atomic E-state index is 13.0. The standard InChI is InChI=1S/C34H47NO7/c1-4-7-10-15-24-40-32(36)26-31(34(38)41-25-16-11-8-5-2)42-30-18-13-12-17-29(30)35-33(37)27-19-21-28(22-20-27)39-23-14-9-6-3/h12-13,17-22,26H,4-11,14-16,23-25H2,1-3H3,(H,35,37)/b31-26+. The van der Waals surface area contributed by atoms with E-state index in [2.05, 4.69) is 26.1 Å². The largest absolute Gasteiger partial charge is 0.494 e. The number of carbonyl (C=O) groups is 3. The third kappa shape index (κ3) is 13.7. The molecule has 1 amide bonds. The fraction of sp³-hybridized carbons (Fsp3) is 0.500. The Balaban J connectivity index is 2.11. The van der Waals surface area contributed by atoms with Crippen LogP contribution in [0.25, 0.3) is 0 Å². The van der Waals surface area contributed by atoms with Gasteiger partial charge in [-0.15, -0.1) is 0 Å². The molecule has 0 radical (unpaired) electrons. The number of nitrogens with one attached hydrogen (secondary N) is 1. The summed E-state index contributed by atoms with van der Waals surface area (Å²) in [5.74, 6) is -1.25. The molecular weight excluding hydrogens is 534 g/mol. The monoisotopic (exact) mass is 581 g/mol. The van der Waals surface area contributed by atoms with Crippen LogP contribution in [0.1, 0.15) is 102 Å². The molecule has 8 heteroatoms. The zero-order chi connectivity index (χ0) is 30.4. The van der Waals surface area contributed by atoms with Crippen molar-refractivity contribution in [3.05, 3.63) is 65.9 Å². The predicted molar refractivity (Wildman–Crippen MR) is 165 cm³/mol. The first kappa shape index (κ1) is 34.4. The number of benzene rings is 2. The van der Waals surface area contributed by atoms with Crippen LogP contribution in [0.5, 0.6) is 11.5 Å². The molecule has 0 unspecified atom stereocenters. The molecule has 42 heavy (non-hydrogen) atoms. The highest BCUT2D eigenvalue weighted by Gasteiger charge is 2.19. The van der Waals surface area contributed by atoms with Crippen molar-refractivity contribution < 1.29 is 33.3 Å². The maximum Gasteiger partial charge on any atom is 0.374 e. The van der Waals surface area contributed by atoms with Gasteiger partial charge in [0.15, 0.2) is 5.75 Å². The van der Waals surface area contributed by atoms with E-state index in [1.165, 1.54) is 0 Å². The lowest BCUT2D eigenvalue weighted by atomic mass is 10.2. The van der Waals surface area contributed by atoms with E-state index in [-0.39, 0.29) is 30.6 Å². The lowest BCUT2D eigenvalue weighted by molar-refractivity contribution is -0.143. The molecule has 2 aromatic carbocycles. The van der Waals surface area contributed by atoms with Gasteiger partial charge in [-0.1, -0.05) is 84.3 Å². The van der Waals surface area contributed by atoms with Crippen molar-refractivity contribution in [2.24, 2.45) is 0 Å². The lowest BCUT2D eigenvalue weighted by Crippen LogP contribution is -2.18. The molecule has 0 heterocycles. The summed E-state index contributed by atoms with van der Waals surface area (Å²) in [7, 11) is 0. The number of hydrogen-bond acceptors (Lipinski definition) is 7. The van der Waals surface area contributed by atoms with E-state index >= 15 is 0 Å². The van der Waals surface area contributed by atoms with Crippen LogP contribution in [0, 0.1) is 0 Å². The minimum absolute atomic E-state index is 0.187. The Kier molecular flexibility index (Phi) is 17.2. The number of amides is 1. The minimum atomic E-state index is -0.773. The first-order valence-corrected chi connectivity index (χ1v) is 15.3. The highest BCUT2D eigenvalue weighted by molar-refractivity contribution is 6.05. The Morgan fingerprint density at radius 1 is 0.690 bits per heavy atom. The molecule has 2 rings (SSSR count). The Labute approximate surface area is 250 Å². The predicted octanol–water partition coefficient (Wildman–Crippen LogP) is 8.02. The van der Waals surface area contributed by atoms with Crippen LogP contribution in [0.4, 0.5) is 5.69 Å². The minimum Gasteiger partial charge on any atom is -0.494 e. The van der Waals surface area contributed by atoms with Crippen molar-refractivity contribution in [2.45, 2.75) is 91.4 Å². The maximum absolute atomic E-state index is 13.0. The van der Waals surface area contributed by atoms with Gasteiger partial charge in [-0.25, -0.2) is 9.59 Å². The van der Waals surface area contributed by atoms with E-state index in [0.29, 0.717) is 30.0 Å². The van der Waals surface area contributed by atoms with Crippen molar-refractivity contribution in [1.82, 2.24) is 0 Å². The summed E-state index contributed by atoms with van der Waals surface area (Å²) in [4.78, 5) is 38.4. The van der Waals surface area contributed by atoms with E-state index in [1.54, 1.807) is 48.5 Å². The molecule has 0 fully saturated rings. The van der Waals surface area contributed by atoms with Gasteiger partial charge >= 0.3 is 11.9 Å².